The smallest absolute Gasteiger partial charge is 0.243 e. The van der Waals surface area contributed by atoms with Gasteiger partial charge in [-0.05, 0) is 48.2 Å². The van der Waals surface area contributed by atoms with Gasteiger partial charge in [0.1, 0.15) is 6.04 Å². The summed E-state index contributed by atoms with van der Waals surface area (Å²) < 4.78 is 26.4. The first-order chi connectivity index (χ1) is 19.9. The van der Waals surface area contributed by atoms with Crippen LogP contribution < -0.4 is 9.62 Å². The number of amides is 2. The zero-order valence-corrected chi connectivity index (χ0v) is 27.0. The Balaban J connectivity index is 1.92. The van der Waals surface area contributed by atoms with Crippen LogP contribution in [-0.2, 0) is 32.6 Å². The van der Waals surface area contributed by atoms with Crippen molar-refractivity contribution in [2.75, 3.05) is 23.7 Å². The molecule has 0 spiro atoms. The first-order valence-electron chi connectivity index (χ1n) is 13.6. The Morgan fingerprint density at radius 2 is 1.55 bits per heavy atom. The van der Waals surface area contributed by atoms with Crippen LogP contribution in [0.3, 0.4) is 0 Å². The van der Waals surface area contributed by atoms with Crippen LogP contribution in [-0.4, -0.2) is 50.5 Å². The maximum atomic E-state index is 13.9. The number of hydrogen-bond donors (Lipinski definition) is 1. The van der Waals surface area contributed by atoms with E-state index in [2.05, 4.69) is 5.32 Å². The molecule has 0 aromatic heterocycles. The summed E-state index contributed by atoms with van der Waals surface area (Å²) in [5, 5.41) is 4.13. The highest BCUT2D eigenvalue weighted by atomic mass is 35.5. The average Bonchev–Trinajstić information content (AvgIpc) is 2.92. The lowest BCUT2D eigenvalue weighted by atomic mass is 10.0. The maximum absolute atomic E-state index is 13.9. The van der Waals surface area contributed by atoms with Gasteiger partial charge in [0.25, 0.3) is 0 Å². The second-order valence-corrected chi connectivity index (χ2v) is 13.6. The van der Waals surface area contributed by atoms with Crippen molar-refractivity contribution in [3.8, 4) is 0 Å². The third kappa shape index (κ3) is 9.90. The molecule has 0 fully saturated rings. The van der Waals surface area contributed by atoms with Crippen LogP contribution >= 0.6 is 34.8 Å². The molecule has 226 valence electrons. The molecular weight excluding hydrogens is 617 g/mol. The number of nitrogens with zero attached hydrogens (tertiary/aromatic N) is 2. The highest BCUT2D eigenvalue weighted by Gasteiger charge is 2.31. The number of sulfonamides is 1. The summed E-state index contributed by atoms with van der Waals surface area (Å²) in [6.45, 7) is 4.49. The van der Waals surface area contributed by atoms with Crippen LogP contribution in [0.4, 0.5) is 5.69 Å². The van der Waals surface area contributed by atoms with Gasteiger partial charge in [-0.2, -0.15) is 0 Å². The minimum atomic E-state index is -3.65. The number of anilines is 1. The molecular formula is C31H36Cl3N3O4S. The van der Waals surface area contributed by atoms with E-state index in [4.69, 9.17) is 34.8 Å². The number of rotatable bonds is 14. The summed E-state index contributed by atoms with van der Waals surface area (Å²) in [7, 11) is -3.65. The Hall–Kier alpha value is -2.78. The summed E-state index contributed by atoms with van der Waals surface area (Å²) in [6, 6.07) is 20.2. The Bertz CT molecular complexity index is 1450. The molecule has 1 atom stereocenters. The third-order valence-corrected chi connectivity index (χ3v) is 8.73. The van der Waals surface area contributed by atoms with E-state index >= 15 is 0 Å². The molecule has 3 aromatic carbocycles. The van der Waals surface area contributed by atoms with E-state index in [1.807, 2.05) is 44.2 Å². The van der Waals surface area contributed by atoms with E-state index in [0.29, 0.717) is 32.9 Å². The number of halogens is 3. The average molecular weight is 653 g/mol. The molecule has 7 nitrogen and oxygen atoms in total. The van der Waals surface area contributed by atoms with Gasteiger partial charge in [-0.25, -0.2) is 8.42 Å². The molecule has 0 radical (unpaired) electrons. The molecule has 0 saturated carbocycles. The van der Waals surface area contributed by atoms with Crippen LogP contribution in [0.15, 0.2) is 72.8 Å². The molecule has 1 unspecified atom stereocenters. The molecule has 0 heterocycles. The minimum Gasteiger partial charge on any atom is -0.354 e. The molecule has 0 aliphatic rings. The van der Waals surface area contributed by atoms with Gasteiger partial charge in [-0.1, -0.05) is 91.1 Å². The molecule has 0 aliphatic heterocycles. The fourth-order valence-corrected chi connectivity index (χ4v) is 6.12. The van der Waals surface area contributed by atoms with Crippen molar-refractivity contribution in [3.05, 3.63) is 99.0 Å². The molecule has 0 saturated heterocycles. The monoisotopic (exact) mass is 651 g/mol. The van der Waals surface area contributed by atoms with Gasteiger partial charge in [-0.3, -0.25) is 13.9 Å². The normalized spacial score (nSPS) is 12.2. The second kappa shape index (κ2) is 15.6. The van der Waals surface area contributed by atoms with Crippen LogP contribution in [0.5, 0.6) is 0 Å². The molecule has 3 aromatic rings. The first kappa shape index (κ1) is 33.7. The number of hydrogen-bond acceptors (Lipinski definition) is 4. The molecule has 0 aliphatic carbocycles. The van der Waals surface area contributed by atoms with Crippen molar-refractivity contribution >= 4 is 62.3 Å². The largest absolute Gasteiger partial charge is 0.354 e. The number of carbonyl (C=O) groups excluding carboxylic acids is 2. The molecule has 11 heteroatoms. The van der Waals surface area contributed by atoms with E-state index in [0.717, 1.165) is 11.8 Å². The SMILES string of the molecule is CC(C)CNC(=O)C(Cc1ccccc1)N(Cc1c(Cl)cccc1Cl)C(=O)CCCN(c1cccc(Cl)c1)S(C)(=O)=O. The fraction of sp³-hybridized carbons (Fsp3) is 0.355. The zero-order valence-electron chi connectivity index (χ0n) is 23.9. The highest BCUT2D eigenvalue weighted by molar-refractivity contribution is 7.92. The van der Waals surface area contributed by atoms with Gasteiger partial charge in [-0.15, -0.1) is 0 Å². The van der Waals surface area contributed by atoms with Crippen LogP contribution in [0.1, 0.15) is 37.8 Å². The predicted octanol–water partition coefficient (Wildman–Crippen LogP) is 6.61. The summed E-state index contributed by atoms with van der Waals surface area (Å²) in [5.41, 5.74) is 1.82. The topological polar surface area (TPSA) is 86.8 Å². The van der Waals surface area contributed by atoms with Crippen LogP contribution in [0, 0.1) is 5.92 Å². The lowest BCUT2D eigenvalue weighted by Gasteiger charge is -2.32. The lowest BCUT2D eigenvalue weighted by molar-refractivity contribution is -0.141. The molecule has 0 bridgehead atoms. The molecule has 3 rings (SSSR count). The second-order valence-electron chi connectivity index (χ2n) is 10.5. The van der Waals surface area contributed by atoms with Crippen LogP contribution in [0.2, 0.25) is 15.1 Å². The quantitative estimate of drug-likeness (QED) is 0.213. The van der Waals surface area contributed by atoms with Crippen molar-refractivity contribution in [1.82, 2.24) is 10.2 Å². The van der Waals surface area contributed by atoms with E-state index in [1.165, 1.54) is 9.21 Å². The molecule has 42 heavy (non-hydrogen) atoms. The van der Waals surface area contributed by atoms with Gasteiger partial charge < -0.3 is 10.2 Å². The van der Waals surface area contributed by atoms with E-state index in [1.54, 1.807) is 42.5 Å². The summed E-state index contributed by atoms with van der Waals surface area (Å²) >= 11 is 19.1. The summed E-state index contributed by atoms with van der Waals surface area (Å²) in [5.74, 6) is -0.408. The zero-order chi connectivity index (χ0) is 30.9. The number of nitrogens with one attached hydrogen (secondary N) is 1. The highest BCUT2D eigenvalue weighted by Crippen LogP contribution is 2.28. The standard InChI is InChI=1S/C31H36Cl3N3O4S/c1-22(2)20-35-31(39)29(18-23-10-5-4-6-11-23)36(21-26-27(33)14-8-15-28(26)34)30(38)16-9-17-37(42(3,40)41)25-13-7-12-24(32)19-25/h4-8,10-15,19,22,29H,9,16-18,20-21H2,1-3H3,(H,35,39). The minimum absolute atomic E-state index is 0.00796. The van der Waals surface area contributed by atoms with Crippen molar-refractivity contribution in [1.29, 1.82) is 0 Å². The first-order valence-corrected chi connectivity index (χ1v) is 16.6. The van der Waals surface area contributed by atoms with Gasteiger partial charge in [0.05, 0.1) is 11.9 Å². The van der Waals surface area contributed by atoms with E-state index in [-0.39, 0.29) is 50.1 Å². The summed E-state index contributed by atoms with van der Waals surface area (Å²) in [4.78, 5) is 29.1. The van der Waals surface area contributed by atoms with Gasteiger partial charge in [0, 0.05) is 53.1 Å². The fourth-order valence-electron chi connectivity index (χ4n) is 4.47. The Morgan fingerprint density at radius 3 is 2.14 bits per heavy atom. The summed E-state index contributed by atoms with van der Waals surface area (Å²) in [6.07, 6.45) is 1.57. The molecule has 1 N–H and O–H groups in total. The Morgan fingerprint density at radius 1 is 0.905 bits per heavy atom. The number of benzene rings is 3. The van der Waals surface area contributed by atoms with Gasteiger partial charge >= 0.3 is 0 Å². The van der Waals surface area contributed by atoms with Crippen molar-refractivity contribution in [2.45, 2.75) is 45.7 Å². The van der Waals surface area contributed by atoms with Crippen LogP contribution in [0.25, 0.3) is 0 Å². The van der Waals surface area contributed by atoms with Crippen molar-refractivity contribution in [2.24, 2.45) is 5.92 Å². The predicted molar refractivity (Wildman–Crippen MR) is 172 cm³/mol. The van der Waals surface area contributed by atoms with E-state index in [9.17, 15) is 18.0 Å². The Labute approximate surface area is 263 Å². The van der Waals surface area contributed by atoms with Gasteiger partial charge in [0.2, 0.25) is 21.8 Å². The molecule has 2 amide bonds. The maximum Gasteiger partial charge on any atom is 0.243 e. The van der Waals surface area contributed by atoms with Gasteiger partial charge in [0.15, 0.2) is 0 Å². The lowest BCUT2D eigenvalue weighted by Crippen LogP contribution is -2.51. The van der Waals surface area contributed by atoms with E-state index < -0.39 is 16.1 Å². The van der Waals surface area contributed by atoms with Crippen molar-refractivity contribution in [3.63, 3.8) is 0 Å². The number of carbonyl (C=O) groups is 2. The third-order valence-electron chi connectivity index (χ3n) is 6.59. The van der Waals surface area contributed by atoms with Crippen molar-refractivity contribution < 1.29 is 18.0 Å². The Kier molecular flexibility index (Phi) is 12.5.